The zero-order valence-corrected chi connectivity index (χ0v) is 19.1. The van der Waals surface area contributed by atoms with Crippen molar-refractivity contribution >= 4 is 56.0 Å². The molecule has 1 amide bonds. The molecule has 5 rings (SSSR count). The van der Waals surface area contributed by atoms with Crippen molar-refractivity contribution in [3.8, 4) is 5.75 Å². The number of esters is 1. The van der Waals surface area contributed by atoms with Gasteiger partial charge >= 0.3 is 5.97 Å². The zero-order valence-electron chi connectivity index (χ0n) is 18.3. The maximum atomic E-state index is 12.2. The fourth-order valence-electron chi connectivity index (χ4n) is 3.60. The number of nitrogens with zero attached hydrogens (tertiary/aromatic N) is 2. The predicted octanol–water partition coefficient (Wildman–Crippen LogP) is 5.85. The van der Waals surface area contributed by atoms with Gasteiger partial charge < -0.3 is 13.9 Å². The van der Waals surface area contributed by atoms with Gasteiger partial charge in [0, 0.05) is 23.1 Å². The molecule has 0 aliphatic heterocycles. The van der Waals surface area contributed by atoms with Crippen LogP contribution in [0.3, 0.4) is 0 Å². The predicted molar refractivity (Wildman–Crippen MR) is 130 cm³/mol. The highest BCUT2D eigenvalue weighted by atomic mass is 32.1. The number of carbonyl (C=O) groups excluding carboxylic acids is 2. The minimum Gasteiger partial charge on any atom is -0.482 e. The van der Waals surface area contributed by atoms with E-state index in [-0.39, 0.29) is 19.1 Å². The topological polar surface area (TPSA) is 81.9 Å². The van der Waals surface area contributed by atoms with Crippen LogP contribution in [0, 0.1) is 0 Å². The quantitative estimate of drug-likeness (QED) is 0.276. The molecule has 2 heterocycles. The van der Waals surface area contributed by atoms with E-state index >= 15 is 0 Å². The number of hydrogen-bond donors (Lipinski definition) is 0. The molecule has 0 N–H and O–H groups in total. The third kappa shape index (κ3) is 4.49. The van der Waals surface area contributed by atoms with Gasteiger partial charge in [0.2, 0.25) is 5.91 Å². The van der Waals surface area contributed by atoms with Crippen LogP contribution in [-0.4, -0.2) is 23.5 Å². The fraction of sp³-hybridized carbons (Fsp3) is 0.115. The van der Waals surface area contributed by atoms with Crippen LogP contribution in [0.1, 0.15) is 12.6 Å². The number of anilines is 2. The first-order valence-corrected chi connectivity index (χ1v) is 11.5. The Morgan fingerprint density at radius 2 is 1.74 bits per heavy atom. The largest absolute Gasteiger partial charge is 0.482 e. The molecular weight excluding hydrogens is 452 g/mol. The van der Waals surface area contributed by atoms with Gasteiger partial charge in [-0.2, -0.15) is 0 Å². The highest BCUT2D eigenvalue weighted by molar-refractivity contribution is 7.14. The van der Waals surface area contributed by atoms with Crippen molar-refractivity contribution in [2.75, 3.05) is 11.5 Å². The van der Waals surface area contributed by atoms with Crippen molar-refractivity contribution < 1.29 is 23.5 Å². The molecule has 0 saturated carbocycles. The average molecular weight is 473 g/mol. The maximum absolute atomic E-state index is 12.2. The van der Waals surface area contributed by atoms with Crippen LogP contribution >= 0.6 is 11.3 Å². The SMILES string of the molecule is CC(=O)N(c1ccccc1)c1nc(COC(=O)COc2ccc3oc4ccccc4c3c2)cs1. The summed E-state index contributed by atoms with van der Waals surface area (Å²) in [7, 11) is 0. The summed E-state index contributed by atoms with van der Waals surface area (Å²) < 4.78 is 16.7. The van der Waals surface area contributed by atoms with Crippen LogP contribution in [0.2, 0.25) is 0 Å². The summed E-state index contributed by atoms with van der Waals surface area (Å²) in [5, 5.41) is 4.19. The molecule has 34 heavy (non-hydrogen) atoms. The first-order valence-electron chi connectivity index (χ1n) is 10.6. The van der Waals surface area contributed by atoms with E-state index in [1.165, 1.54) is 23.2 Å². The molecule has 5 aromatic rings. The van der Waals surface area contributed by atoms with Crippen LogP contribution < -0.4 is 9.64 Å². The van der Waals surface area contributed by atoms with Gasteiger partial charge in [-0.15, -0.1) is 11.3 Å². The Balaban J connectivity index is 1.20. The van der Waals surface area contributed by atoms with Crippen LogP contribution in [0.4, 0.5) is 10.8 Å². The molecule has 0 radical (unpaired) electrons. The van der Waals surface area contributed by atoms with Gasteiger partial charge in [0.15, 0.2) is 11.7 Å². The van der Waals surface area contributed by atoms with Gasteiger partial charge in [-0.3, -0.25) is 9.69 Å². The molecule has 0 aliphatic carbocycles. The van der Waals surface area contributed by atoms with Crippen molar-refractivity contribution in [3.63, 3.8) is 0 Å². The summed E-state index contributed by atoms with van der Waals surface area (Å²) in [5.41, 5.74) is 2.84. The number of thiazole rings is 1. The van der Waals surface area contributed by atoms with E-state index in [0.717, 1.165) is 27.6 Å². The summed E-state index contributed by atoms with van der Waals surface area (Å²) >= 11 is 1.31. The molecule has 0 atom stereocenters. The Labute approximate surface area is 199 Å². The van der Waals surface area contributed by atoms with Crippen LogP contribution in [-0.2, 0) is 20.9 Å². The maximum Gasteiger partial charge on any atom is 0.344 e. The van der Waals surface area contributed by atoms with E-state index in [1.54, 1.807) is 11.4 Å². The van der Waals surface area contributed by atoms with Crippen molar-refractivity contribution in [2.45, 2.75) is 13.5 Å². The molecule has 0 aliphatic rings. The van der Waals surface area contributed by atoms with Gasteiger partial charge in [-0.1, -0.05) is 36.4 Å². The Hall–Kier alpha value is -4.17. The summed E-state index contributed by atoms with van der Waals surface area (Å²) in [6.45, 7) is 1.24. The summed E-state index contributed by atoms with van der Waals surface area (Å²) in [5.74, 6) is -0.120. The van der Waals surface area contributed by atoms with Crippen molar-refractivity contribution in [2.24, 2.45) is 0 Å². The number of fused-ring (bicyclic) bond motifs is 3. The Bertz CT molecular complexity index is 1470. The van der Waals surface area contributed by atoms with Crippen LogP contribution in [0.25, 0.3) is 21.9 Å². The normalized spacial score (nSPS) is 11.0. The molecule has 170 valence electrons. The second-order valence-corrected chi connectivity index (χ2v) is 8.35. The molecule has 8 heteroatoms. The van der Waals surface area contributed by atoms with E-state index in [1.807, 2.05) is 66.7 Å². The number of amides is 1. The molecule has 0 spiro atoms. The number of ether oxygens (including phenoxy) is 2. The molecule has 2 aromatic heterocycles. The lowest BCUT2D eigenvalue weighted by Crippen LogP contribution is -2.22. The monoisotopic (exact) mass is 472 g/mol. The Kier molecular flexibility index (Phi) is 5.97. The summed E-state index contributed by atoms with van der Waals surface area (Å²) in [6, 6.07) is 22.4. The smallest absolute Gasteiger partial charge is 0.344 e. The number of aromatic nitrogens is 1. The standard InChI is InChI=1S/C26H20N2O5S/c1-17(29)28(19-7-3-2-4-8-19)26-27-18(16-34-26)14-32-25(30)15-31-20-11-12-24-22(13-20)21-9-5-6-10-23(21)33-24/h2-13,16H,14-15H2,1H3. The second-order valence-electron chi connectivity index (χ2n) is 7.52. The molecule has 0 unspecified atom stereocenters. The number of hydrogen-bond acceptors (Lipinski definition) is 7. The van der Waals surface area contributed by atoms with Gasteiger partial charge in [0.05, 0.1) is 11.4 Å². The average Bonchev–Trinajstić information content (AvgIpc) is 3.46. The van der Waals surface area contributed by atoms with Crippen LogP contribution in [0.5, 0.6) is 5.75 Å². The van der Waals surface area contributed by atoms with Gasteiger partial charge in [-0.05, 0) is 36.4 Å². The third-order valence-electron chi connectivity index (χ3n) is 5.15. The minimum absolute atomic E-state index is 0.00929. The molecule has 0 bridgehead atoms. The highest BCUT2D eigenvalue weighted by Crippen LogP contribution is 2.31. The lowest BCUT2D eigenvalue weighted by atomic mass is 10.1. The van der Waals surface area contributed by atoms with E-state index in [4.69, 9.17) is 13.9 Å². The van der Waals surface area contributed by atoms with Gasteiger partial charge in [0.25, 0.3) is 0 Å². The summed E-state index contributed by atoms with van der Waals surface area (Å²) in [6.07, 6.45) is 0. The van der Waals surface area contributed by atoms with E-state index in [9.17, 15) is 9.59 Å². The Morgan fingerprint density at radius 3 is 2.56 bits per heavy atom. The third-order valence-corrected chi connectivity index (χ3v) is 6.02. The van der Waals surface area contributed by atoms with Gasteiger partial charge in [0.1, 0.15) is 23.5 Å². The van der Waals surface area contributed by atoms with Crippen molar-refractivity contribution in [3.05, 3.63) is 83.9 Å². The number of furan rings is 1. The molecule has 3 aromatic carbocycles. The minimum atomic E-state index is -0.516. The van der Waals surface area contributed by atoms with Gasteiger partial charge in [-0.25, -0.2) is 9.78 Å². The van der Waals surface area contributed by atoms with E-state index < -0.39 is 5.97 Å². The number of benzene rings is 3. The number of para-hydroxylation sites is 2. The number of carbonyl (C=O) groups is 2. The number of rotatable bonds is 7. The molecule has 0 fully saturated rings. The molecule has 0 saturated heterocycles. The zero-order chi connectivity index (χ0) is 23.5. The van der Waals surface area contributed by atoms with Crippen molar-refractivity contribution in [1.29, 1.82) is 0 Å². The fourth-order valence-corrected chi connectivity index (χ4v) is 4.47. The lowest BCUT2D eigenvalue weighted by Gasteiger charge is -2.17. The molecule has 7 nitrogen and oxygen atoms in total. The first-order chi connectivity index (χ1) is 16.6. The lowest BCUT2D eigenvalue weighted by molar-refractivity contribution is -0.147. The second kappa shape index (κ2) is 9.36. The first kappa shape index (κ1) is 21.7. The van der Waals surface area contributed by atoms with E-state index in [2.05, 4.69) is 4.98 Å². The summed E-state index contributed by atoms with van der Waals surface area (Å²) in [4.78, 5) is 30.4. The molecular formula is C26H20N2O5S. The van der Waals surface area contributed by atoms with Crippen molar-refractivity contribution in [1.82, 2.24) is 4.98 Å². The van der Waals surface area contributed by atoms with Crippen LogP contribution in [0.15, 0.2) is 82.6 Å². The van der Waals surface area contributed by atoms with E-state index in [0.29, 0.717) is 16.6 Å². The Morgan fingerprint density at radius 1 is 0.971 bits per heavy atom. The highest BCUT2D eigenvalue weighted by Gasteiger charge is 2.18.